The van der Waals surface area contributed by atoms with Crippen LogP contribution in [0.4, 0.5) is 5.69 Å². The van der Waals surface area contributed by atoms with Gasteiger partial charge in [0.15, 0.2) is 0 Å². The van der Waals surface area contributed by atoms with E-state index in [1.165, 1.54) is 16.7 Å². The van der Waals surface area contributed by atoms with Crippen LogP contribution in [-0.2, 0) is 10.2 Å². The number of benzene rings is 2. The molecule has 3 heteroatoms. The molecule has 1 unspecified atom stereocenters. The molecule has 3 nitrogen and oxygen atoms in total. The Kier molecular flexibility index (Phi) is 4.54. The van der Waals surface area contributed by atoms with Crippen molar-refractivity contribution in [1.82, 2.24) is 0 Å². The number of ether oxygens (including phenoxy) is 1. The molecule has 0 bridgehead atoms. The average molecular weight is 351 g/mol. The molecule has 0 amide bonds. The number of nitrogens with one attached hydrogen (secondary N) is 1. The third-order valence-corrected chi connectivity index (χ3v) is 5.88. The third kappa shape index (κ3) is 3.15. The number of fused-ring (bicyclic) bond motifs is 3. The monoisotopic (exact) mass is 351 g/mol. The molecule has 4 atom stereocenters. The van der Waals surface area contributed by atoms with Crippen LogP contribution in [0.1, 0.15) is 62.4 Å². The maximum absolute atomic E-state index is 9.66. The average Bonchev–Trinajstić information content (AvgIpc) is 2.66. The molecule has 0 aliphatic carbocycles. The van der Waals surface area contributed by atoms with Gasteiger partial charge in [-0.05, 0) is 35.4 Å². The van der Waals surface area contributed by atoms with Crippen LogP contribution in [0.25, 0.3) is 0 Å². The quantitative estimate of drug-likeness (QED) is 0.802. The molecule has 2 aliphatic rings. The molecular weight excluding hydrogens is 322 g/mol. The molecule has 2 aliphatic heterocycles. The van der Waals surface area contributed by atoms with Crippen molar-refractivity contribution in [3.63, 3.8) is 0 Å². The summed E-state index contributed by atoms with van der Waals surface area (Å²) in [5.74, 6) is 0.378. The van der Waals surface area contributed by atoms with Gasteiger partial charge in [0.05, 0.1) is 24.9 Å². The molecule has 1 saturated heterocycles. The lowest BCUT2D eigenvalue weighted by Gasteiger charge is -2.45. The minimum absolute atomic E-state index is 0.0321. The number of hydrogen-bond donors (Lipinski definition) is 2. The van der Waals surface area contributed by atoms with Crippen molar-refractivity contribution in [3.05, 3.63) is 65.2 Å². The molecule has 26 heavy (non-hydrogen) atoms. The molecule has 2 N–H and O–H groups in total. The second-order valence-electron chi connectivity index (χ2n) is 8.69. The Morgan fingerprint density at radius 1 is 1.08 bits per heavy atom. The van der Waals surface area contributed by atoms with Gasteiger partial charge in [-0.2, -0.15) is 0 Å². The standard InChI is InChI=1S/C23H29NO2/c1-23(2,3)16-9-12-20-19(13-16)22-18(11-10-17(14-25)26-22)21(24-20)15-7-5-4-6-8-15/h4-9,12-13,17-18,21-22,24-25H,10-11,14H2,1-3H3/t17-,18+,21+,22?/m1/s1. The van der Waals surface area contributed by atoms with Crippen LogP contribution in [0, 0.1) is 5.92 Å². The number of anilines is 1. The molecule has 1 fully saturated rings. The Balaban J connectivity index is 1.77. The van der Waals surface area contributed by atoms with Crippen molar-refractivity contribution in [2.75, 3.05) is 11.9 Å². The van der Waals surface area contributed by atoms with Crippen LogP contribution in [0.5, 0.6) is 0 Å². The molecule has 0 spiro atoms. The van der Waals surface area contributed by atoms with Gasteiger partial charge in [-0.25, -0.2) is 0 Å². The van der Waals surface area contributed by atoms with E-state index in [9.17, 15) is 5.11 Å². The highest BCUT2D eigenvalue weighted by atomic mass is 16.5. The van der Waals surface area contributed by atoms with Crippen molar-refractivity contribution in [2.45, 2.75) is 57.3 Å². The lowest BCUT2D eigenvalue weighted by atomic mass is 9.75. The minimum atomic E-state index is -0.0584. The van der Waals surface area contributed by atoms with Crippen molar-refractivity contribution < 1.29 is 9.84 Å². The summed E-state index contributed by atoms with van der Waals surface area (Å²) in [5.41, 5.74) is 5.13. The smallest absolute Gasteiger partial charge is 0.0900 e. The Morgan fingerprint density at radius 2 is 1.85 bits per heavy atom. The van der Waals surface area contributed by atoms with E-state index in [1.54, 1.807) is 0 Å². The van der Waals surface area contributed by atoms with E-state index >= 15 is 0 Å². The molecule has 2 aromatic carbocycles. The van der Waals surface area contributed by atoms with Gasteiger partial charge in [-0.3, -0.25) is 0 Å². The summed E-state index contributed by atoms with van der Waals surface area (Å²) in [6.07, 6.45) is 1.94. The predicted octanol–water partition coefficient (Wildman–Crippen LogP) is 4.98. The molecule has 0 radical (unpaired) electrons. The largest absolute Gasteiger partial charge is 0.394 e. The Hall–Kier alpha value is -1.84. The highest BCUT2D eigenvalue weighted by Gasteiger charge is 2.42. The van der Waals surface area contributed by atoms with Gasteiger partial charge in [0, 0.05) is 17.2 Å². The lowest BCUT2D eigenvalue weighted by molar-refractivity contribution is -0.110. The van der Waals surface area contributed by atoms with Gasteiger partial charge >= 0.3 is 0 Å². The Labute approximate surface area is 156 Å². The molecule has 0 saturated carbocycles. The van der Waals surface area contributed by atoms with E-state index in [1.807, 2.05) is 0 Å². The highest BCUT2D eigenvalue weighted by molar-refractivity contribution is 5.59. The first-order valence-corrected chi connectivity index (χ1v) is 9.69. The third-order valence-electron chi connectivity index (χ3n) is 5.88. The van der Waals surface area contributed by atoms with E-state index in [0.717, 1.165) is 18.5 Å². The molecule has 2 aromatic rings. The van der Waals surface area contributed by atoms with E-state index in [0.29, 0.717) is 5.92 Å². The van der Waals surface area contributed by atoms with E-state index in [2.05, 4.69) is 74.6 Å². The fourth-order valence-corrected chi connectivity index (χ4v) is 4.35. The van der Waals surface area contributed by atoms with E-state index in [4.69, 9.17) is 4.74 Å². The van der Waals surface area contributed by atoms with Crippen molar-refractivity contribution in [2.24, 2.45) is 5.92 Å². The Bertz CT molecular complexity index is 766. The van der Waals surface area contributed by atoms with Gasteiger partial charge in [0.25, 0.3) is 0 Å². The predicted molar refractivity (Wildman–Crippen MR) is 105 cm³/mol. The summed E-state index contributed by atoms with van der Waals surface area (Å²) >= 11 is 0. The van der Waals surface area contributed by atoms with Crippen LogP contribution in [0.3, 0.4) is 0 Å². The van der Waals surface area contributed by atoms with Crippen LogP contribution in [0.15, 0.2) is 48.5 Å². The number of aliphatic hydroxyl groups excluding tert-OH is 1. The molecular formula is C23H29NO2. The number of hydrogen-bond acceptors (Lipinski definition) is 3. The van der Waals surface area contributed by atoms with Gasteiger partial charge in [0.1, 0.15) is 0 Å². The van der Waals surface area contributed by atoms with E-state index < -0.39 is 0 Å². The zero-order valence-electron chi connectivity index (χ0n) is 15.9. The zero-order chi connectivity index (χ0) is 18.3. The highest BCUT2D eigenvalue weighted by Crippen LogP contribution is 2.50. The molecule has 138 valence electrons. The van der Waals surface area contributed by atoms with Crippen molar-refractivity contribution >= 4 is 5.69 Å². The lowest BCUT2D eigenvalue weighted by Crippen LogP contribution is -2.40. The number of rotatable bonds is 2. The Morgan fingerprint density at radius 3 is 2.54 bits per heavy atom. The summed E-state index contributed by atoms with van der Waals surface area (Å²) in [6.45, 7) is 6.83. The molecule has 2 heterocycles. The number of aliphatic hydroxyl groups is 1. The first-order chi connectivity index (χ1) is 12.5. The van der Waals surface area contributed by atoms with Gasteiger partial charge in [-0.1, -0.05) is 63.2 Å². The summed E-state index contributed by atoms with van der Waals surface area (Å²) in [6, 6.07) is 17.6. The maximum Gasteiger partial charge on any atom is 0.0900 e. The van der Waals surface area contributed by atoms with Gasteiger partial charge < -0.3 is 15.2 Å². The summed E-state index contributed by atoms with van der Waals surface area (Å²) in [5, 5.41) is 13.4. The van der Waals surface area contributed by atoms with Crippen molar-refractivity contribution in [3.8, 4) is 0 Å². The van der Waals surface area contributed by atoms with E-state index in [-0.39, 0.29) is 30.3 Å². The van der Waals surface area contributed by atoms with Gasteiger partial charge in [0.2, 0.25) is 0 Å². The topological polar surface area (TPSA) is 41.5 Å². The fraction of sp³-hybridized carbons (Fsp3) is 0.478. The summed E-state index contributed by atoms with van der Waals surface area (Å²) in [7, 11) is 0. The van der Waals surface area contributed by atoms with Gasteiger partial charge in [-0.15, -0.1) is 0 Å². The second-order valence-corrected chi connectivity index (χ2v) is 8.69. The second kappa shape index (κ2) is 6.71. The van der Waals surface area contributed by atoms with Crippen molar-refractivity contribution in [1.29, 1.82) is 0 Å². The first-order valence-electron chi connectivity index (χ1n) is 9.69. The normalized spacial score (nSPS) is 28.0. The molecule has 4 rings (SSSR count). The summed E-state index contributed by atoms with van der Waals surface area (Å²) in [4.78, 5) is 0. The molecule has 0 aromatic heterocycles. The van der Waals surface area contributed by atoms with Crippen LogP contribution >= 0.6 is 0 Å². The van der Waals surface area contributed by atoms with Crippen LogP contribution in [-0.4, -0.2) is 17.8 Å². The SMILES string of the molecule is CC(C)(C)c1ccc2c(c1)C1O[C@@H](CO)CC[C@H]1[C@H](c1ccccc1)N2. The van der Waals surface area contributed by atoms with Crippen LogP contribution < -0.4 is 5.32 Å². The zero-order valence-corrected chi connectivity index (χ0v) is 15.9. The fourth-order valence-electron chi connectivity index (χ4n) is 4.35. The summed E-state index contributed by atoms with van der Waals surface area (Å²) < 4.78 is 6.40. The van der Waals surface area contributed by atoms with Crippen LogP contribution in [0.2, 0.25) is 0 Å². The maximum atomic E-state index is 9.66. The minimum Gasteiger partial charge on any atom is -0.394 e. The first kappa shape index (κ1) is 17.6.